The largest absolute Gasteiger partial charge is 0.273 e. The molecule has 0 fully saturated rings. The Kier molecular flexibility index (Phi) is 6.84. The molecule has 0 bridgehead atoms. The van der Waals surface area contributed by atoms with E-state index < -0.39 is 0 Å². The molecule has 21 heavy (non-hydrogen) atoms. The summed E-state index contributed by atoms with van der Waals surface area (Å²) >= 11 is 1.76. The average molecular weight is 301 g/mol. The number of nitrogens with one attached hydrogen (secondary N) is 1. The number of rotatable bonds is 8. The van der Waals surface area contributed by atoms with Gasteiger partial charge in [-0.3, -0.25) is 9.63 Å². The Hall–Kier alpha value is -1.78. The summed E-state index contributed by atoms with van der Waals surface area (Å²) in [6.07, 6.45) is 1.31. The van der Waals surface area contributed by atoms with E-state index in [1.54, 1.807) is 11.8 Å². The van der Waals surface area contributed by atoms with Crippen LogP contribution in [0.3, 0.4) is 0 Å². The zero-order chi connectivity index (χ0) is 14.8. The second-order valence-electron chi connectivity index (χ2n) is 4.56. The van der Waals surface area contributed by atoms with Gasteiger partial charge in [0.05, 0.1) is 6.61 Å². The van der Waals surface area contributed by atoms with Crippen molar-refractivity contribution in [1.29, 1.82) is 0 Å². The Labute approximate surface area is 129 Å². The quantitative estimate of drug-likeness (QED) is 0.458. The van der Waals surface area contributed by atoms with Crippen LogP contribution in [0.2, 0.25) is 0 Å². The first kappa shape index (κ1) is 15.6. The van der Waals surface area contributed by atoms with Crippen molar-refractivity contribution in [3.05, 3.63) is 66.2 Å². The molecule has 0 heterocycles. The average Bonchev–Trinajstić information content (AvgIpc) is 2.54. The van der Waals surface area contributed by atoms with Crippen LogP contribution < -0.4 is 5.48 Å². The molecule has 2 aromatic carbocycles. The Morgan fingerprint density at radius 2 is 1.67 bits per heavy atom. The Balaban J connectivity index is 1.54. The smallest absolute Gasteiger partial charge is 0.243 e. The molecule has 0 saturated heterocycles. The maximum absolute atomic E-state index is 11.6. The van der Waals surface area contributed by atoms with Crippen molar-refractivity contribution in [1.82, 2.24) is 5.48 Å². The van der Waals surface area contributed by atoms with Crippen molar-refractivity contribution >= 4 is 17.7 Å². The first-order valence-corrected chi connectivity index (χ1v) is 7.95. The SMILES string of the molecule is O=C(CCCSc1ccccc1)NOCc1ccccc1. The molecule has 0 aliphatic carbocycles. The van der Waals surface area contributed by atoms with Crippen molar-refractivity contribution in [2.45, 2.75) is 24.3 Å². The molecule has 0 radical (unpaired) electrons. The highest BCUT2D eigenvalue weighted by Gasteiger charge is 2.02. The van der Waals surface area contributed by atoms with E-state index in [1.165, 1.54) is 4.90 Å². The van der Waals surface area contributed by atoms with Crippen molar-refractivity contribution in [2.75, 3.05) is 5.75 Å². The summed E-state index contributed by atoms with van der Waals surface area (Å²) in [5.74, 6) is 0.857. The van der Waals surface area contributed by atoms with Gasteiger partial charge in [0.15, 0.2) is 0 Å². The van der Waals surface area contributed by atoms with Crippen molar-refractivity contribution in [3.8, 4) is 0 Å². The molecule has 4 heteroatoms. The van der Waals surface area contributed by atoms with E-state index in [2.05, 4.69) is 17.6 Å². The molecule has 110 valence electrons. The summed E-state index contributed by atoms with van der Waals surface area (Å²) in [5, 5.41) is 0. The number of thioether (sulfide) groups is 1. The fraction of sp³-hybridized carbons (Fsp3) is 0.235. The van der Waals surface area contributed by atoms with Gasteiger partial charge in [-0.2, -0.15) is 0 Å². The predicted molar refractivity (Wildman–Crippen MR) is 85.8 cm³/mol. The second-order valence-corrected chi connectivity index (χ2v) is 5.73. The lowest BCUT2D eigenvalue weighted by molar-refractivity contribution is -0.134. The predicted octanol–water partition coefficient (Wildman–Crippen LogP) is 3.81. The number of hydrogen-bond donors (Lipinski definition) is 1. The van der Waals surface area contributed by atoms with Gasteiger partial charge in [-0.05, 0) is 29.9 Å². The minimum absolute atomic E-state index is 0.0698. The zero-order valence-electron chi connectivity index (χ0n) is 11.8. The molecule has 2 rings (SSSR count). The summed E-state index contributed by atoms with van der Waals surface area (Å²) < 4.78 is 0. The van der Waals surface area contributed by atoms with E-state index in [0.717, 1.165) is 17.7 Å². The molecular formula is C17H19NO2S. The highest BCUT2D eigenvalue weighted by molar-refractivity contribution is 7.99. The van der Waals surface area contributed by atoms with Crippen LogP contribution in [0, 0.1) is 0 Å². The number of benzene rings is 2. The second kappa shape index (κ2) is 9.21. The zero-order valence-corrected chi connectivity index (χ0v) is 12.6. The molecule has 0 unspecified atom stereocenters. The molecule has 0 spiro atoms. The number of carbonyl (C=O) groups excluding carboxylic acids is 1. The summed E-state index contributed by atoms with van der Waals surface area (Å²) in [7, 11) is 0. The van der Waals surface area contributed by atoms with Gasteiger partial charge in [0.2, 0.25) is 5.91 Å². The normalized spacial score (nSPS) is 10.3. The fourth-order valence-corrected chi connectivity index (χ4v) is 2.64. The maximum atomic E-state index is 11.6. The van der Waals surface area contributed by atoms with Crippen LogP contribution in [0.15, 0.2) is 65.6 Å². The van der Waals surface area contributed by atoms with Gasteiger partial charge in [-0.15, -0.1) is 11.8 Å². The first-order chi connectivity index (χ1) is 10.3. The molecule has 1 amide bonds. The monoisotopic (exact) mass is 301 g/mol. The van der Waals surface area contributed by atoms with E-state index in [-0.39, 0.29) is 5.91 Å². The van der Waals surface area contributed by atoms with Crippen LogP contribution in [0.1, 0.15) is 18.4 Å². The molecule has 0 atom stereocenters. The third-order valence-electron chi connectivity index (χ3n) is 2.83. The molecule has 0 saturated carbocycles. The molecule has 0 aliphatic heterocycles. The summed E-state index contributed by atoms with van der Waals surface area (Å²) in [4.78, 5) is 18.0. The van der Waals surface area contributed by atoms with E-state index in [9.17, 15) is 4.79 Å². The van der Waals surface area contributed by atoms with Crippen LogP contribution in [-0.4, -0.2) is 11.7 Å². The molecule has 2 aromatic rings. The molecule has 0 aromatic heterocycles. The Morgan fingerprint density at radius 1 is 1.00 bits per heavy atom. The minimum Gasteiger partial charge on any atom is -0.273 e. The third kappa shape index (κ3) is 6.47. The van der Waals surface area contributed by atoms with Gasteiger partial charge < -0.3 is 0 Å². The Bertz CT molecular complexity index is 531. The summed E-state index contributed by atoms with van der Waals surface area (Å²) in [5.41, 5.74) is 3.52. The van der Waals surface area contributed by atoms with Gasteiger partial charge in [0.25, 0.3) is 0 Å². The molecule has 0 aliphatic rings. The lowest BCUT2D eigenvalue weighted by Crippen LogP contribution is -2.23. The summed E-state index contributed by atoms with van der Waals surface area (Å²) in [6, 6.07) is 20.0. The molecule has 1 N–H and O–H groups in total. The van der Waals surface area contributed by atoms with Gasteiger partial charge >= 0.3 is 0 Å². The van der Waals surface area contributed by atoms with E-state index in [1.807, 2.05) is 48.5 Å². The van der Waals surface area contributed by atoms with Crippen molar-refractivity contribution in [2.24, 2.45) is 0 Å². The number of carbonyl (C=O) groups is 1. The van der Waals surface area contributed by atoms with E-state index in [0.29, 0.717) is 13.0 Å². The van der Waals surface area contributed by atoms with Crippen LogP contribution in [0.4, 0.5) is 0 Å². The van der Waals surface area contributed by atoms with Crippen molar-refractivity contribution in [3.63, 3.8) is 0 Å². The molecule has 3 nitrogen and oxygen atoms in total. The van der Waals surface area contributed by atoms with E-state index in [4.69, 9.17) is 4.84 Å². The maximum Gasteiger partial charge on any atom is 0.243 e. The lowest BCUT2D eigenvalue weighted by Gasteiger charge is -2.06. The third-order valence-corrected chi connectivity index (χ3v) is 3.93. The van der Waals surface area contributed by atoms with Gasteiger partial charge in [-0.25, -0.2) is 5.48 Å². The standard InChI is InChI=1S/C17H19NO2S/c19-17(18-20-14-15-8-3-1-4-9-15)12-7-13-21-16-10-5-2-6-11-16/h1-6,8-11H,7,12-14H2,(H,18,19). The minimum atomic E-state index is -0.0698. The van der Waals surface area contributed by atoms with E-state index >= 15 is 0 Å². The highest BCUT2D eigenvalue weighted by atomic mass is 32.2. The summed E-state index contributed by atoms with van der Waals surface area (Å²) in [6.45, 7) is 0.394. The van der Waals surface area contributed by atoms with Crippen LogP contribution in [0.5, 0.6) is 0 Å². The van der Waals surface area contributed by atoms with Crippen LogP contribution in [-0.2, 0) is 16.2 Å². The van der Waals surface area contributed by atoms with Gasteiger partial charge in [0, 0.05) is 11.3 Å². The lowest BCUT2D eigenvalue weighted by atomic mass is 10.2. The van der Waals surface area contributed by atoms with Crippen LogP contribution >= 0.6 is 11.8 Å². The Morgan fingerprint density at radius 3 is 2.38 bits per heavy atom. The van der Waals surface area contributed by atoms with Gasteiger partial charge in [0.1, 0.15) is 0 Å². The van der Waals surface area contributed by atoms with Crippen LogP contribution in [0.25, 0.3) is 0 Å². The topological polar surface area (TPSA) is 38.3 Å². The fourth-order valence-electron chi connectivity index (χ4n) is 1.76. The molecular weight excluding hydrogens is 282 g/mol. The highest BCUT2D eigenvalue weighted by Crippen LogP contribution is 2.18. The number of amides is 1. The van der Waals surface area contributed by atoms with Crippen molar-refractivity contribution < 1.29 is 9.63 Å². The number of hydrogen-bond acceptors (Lipinski definition) is 3. The first-order valence-electron chi connectivity index (χ1n) is 6.97. The van der Waals surface area contributed by atoms with Gasteiger partial charge in [-0.1, -0.05) is 48.5 Å². The number of hydroxylamine groups is 1.